The van der Waals surface area contributed by atoms with Gasteiger partial charge >= 0.3 is 16.5 Å². The summed E-state index contributed by atoms with van der Waals surface area (Å²) in [4.78, 5) is 0. The maximum atomic E-state index is 12.1. The van der Waals surface area contributed by atoms with Crippen LogP contribution in [0.1, 0.15) is 359 Å². The fourth-order valence-electron chi connectivity index (χ4n) is 10.9. The molecule has 2 aromatic carbocycles. The topological polar surface area (TPSA) is 25.3 Å². The van der Waals surface area contributed by atoms with E-state index in [1.165, 1.54) is 290 Å². The molecule has 0 saturated carbocycles. The third-order valence-corrected chi connectivity index (χ3v) is 15.7. The summed E-state index contributed by atoms with van der Waals surface area (Å²) in [7, 11) is 0. The summed E-state index contributed by atoms with van der Waals surface area (Å²) >= 11 is 0. The second-order valence-corrected chi connectivity index (χ2v) is 22.8. The van der Waals surface area contributed by atoms with E-state index >= 15 is 0 Å². The predicted octanol–water partition coefficient (Wildman–Crippen LogP) is 25.6. The summed E-state index contributed by atoms with van der Waals surface area (Å²) in [6, 6.07) is 18.1. The van der Waals surface area contributed by atoms with Crippen molar-refractivity contribution in [1.29, 1.82) is 0 Å². The Morgan fingerprint density at radius 1 is 0.307 bits per heavy atom. The van der Waals surface area contributed by atoms with Crippen molar-refractivity contribution in [2.75, 3.05) is 0 Å². The predicted molar refractivity (Wildman–Crippen MR) is 335 cm³/mol. The van der Waals surface area contributed by atoms with E-state index in [0.717, 1.165) is 62.8 Å². The Hall–Kier alpha value is -1.99. The fraction of sp³-hybridized carbons (Fsp3) is 0.750. The summed E-state index contributed by atoms with van der Waals surface area (Å²) in [5.74, 6) is 0. The van der Waals surface area contributed by atoms with Crippen LogP contribution in [0.2, 0.25) is 0 Å². The minimum absolute atomic E-state index is 0. The van der Waals surface area contributed by atoms with Crippen LogP contribution in [0.4, 0.5) is 0 Å². The van der Waals surface area contributed by atoms with Crippen molar-refractivity contribution in [2.24, 2.45) is 0 Å². The first-order valence-corrected chi connectivity index (χ1v) is 33.2. The van der Waals surface area contributed by atoms with E-state index in [2.05, 4.69) is 104 Å². The van der Waals surface area contributed by atoms with Crippen LogP contribution in [0.3, 0.4) is 0 Å². The molecule has 0 saturated heterocycles. The van der Waals surface area contributed by atoms with Gasteiger partial charge in [0.1, 0.15) is 0 Å². The molecule has 0 atom stereocenters. The molecule has 0 aromatic heterocycles. The van der Waals surface area contributed by atoms with Crippen LogP contribution < -0.4 is 0 Å². The number of benzene rings is 2. The van der Waals surface area contributed by atoms with E-state index < -0.39 is 0 Å². The summed E-state index contributed by atoms with van der Waals surface area (Å²) in [5.41, 5.74) is 22.0. The average molecular weight is 1080 g/mol. The maximum Gasteiger partial charge on any atom is 2.00 e. The molecule has 0 spiro atoms. The quantitative estimate of drug-likeness (QED) is 0.0273. The molecule has 1 aliphatic heterocycles. The Kier molecular flexibility index (Phi) is 53.9. The van der Waals surface area contributed by atoms with Crippen molar-refractivity contribution in [2.45, 2.75) is 350 Å². The van der Waals surface area contributed by atoms with Crippen molar-refractivity contribution in [3.63, 3.8) is 0 Å². The molecule has 0 radical (unpaired) electrons. The van der Waals surface area contributed by atoms with E-state index in [1.54, 1.807) is 4.70 Å². The zero-order chi connectivity index (χ0) is 53.8. The Labute approximate surface area is 481 Å². The number of allylic oxidation sites excluding steroid dienone is 2. The van der Waals surface area contributed by atoms with Crippen molar-refractivity contribution in [3.05, 3.63) is 101 Å². The average Bonchev–Trinajstić information content (AvgIpc) is 3.70. The van der Waals surface area contributed by atoms with Gasteiger partial charge < -0.3 is 19.4 Å². The molecule has 3 rings (SSSR count). The summed E-state index contributed by atoms with van der Waals surface area (Å²) in [6.07, 6.45) is 64.2. The molecule has 2 aromatic rings. The molecule has 2 nitrogen and oxygen atoms in total. The van der Waals surface area contributed by atoms with Gasteiger partial charge in [0.2, 0.25) is 11.4 Å². The molecule has 3 heteroatoms. The molecule has 0 fully saturated rings. The molecule has 0 amide bonds. The molecule has 1 heterocycles. The van der Waals surface area contributed by atoms with Gasteiger partial charge in [-0.3, -0.25) is 0 Å². The van der Waals surface area contributed by atoms with Crippen LogP contribution >= 0.6 is 0 Å². The molecule has 0 aliphatic carbocycles. The van der Waals surface area contributed by atoms with Gasteiger partial charge in [0.05, 0.1) is 0 Å². The molecule has 75 heavy (non-hydrogen) atoms. The fourth-order valence-corrected chi connectivity index (χ4v) is 10.9. The summed E-state index contributed by atoms with van der Waals surface area (Å²) < 4.78 is 1.59. The van der Waals surface area contributed by atoms with Crippen LogP contribution in [-0.2, 0) is 29.3 Å². The Morgan fingerprint density at radius 3 is 0.840 bits per heavy atom. The van der Waals surface area contributed by atoms with Gasteiger partial charge in [-0.15, -0.1) is 0 Å². The maximum absolute atomic E-state index is 12.1. The third-order valence-electron chi connectivity index (χ3n) is 15.7. The van der Waals surface area contributed by atoms with Gasteiger partial charge in [0, 0.05) is 22.3 Å². The monoisotopic (exact) mass is 1080 g/mol. The standard InChI is InChI=1S/C40H60N2.2C16H33.Ni/c1-5-9-13-16-17-20-30-38-37(29-12-8-4)39(35-27-21-25-33(31-35)23-18-14-10-6-2)42(41)40(38)36-28-22-26-34(32-36)24-19-15-11-7-3;2*1-3-5-7-9-11-13-15-16-14-12-10-8-6-4-2;/h21-22,25-28,31-32H,5-20,23-24,29-30H2,1-4H3;2*1,3-16H2,2H3;/q;2*-1;+2. The smallest absolute Gasteiger partial charge is 0.493 e. The summed E-state index contributed by atoms with van der Waals surface area (Å²) in [6.45, 7) is 21.4. The zero-order valence-electron chi connectivity index (χ0n) is 51.2. The van der Waals surface area contributed by atoms with Crippen molar-refractivity contribution in [3.8, 4) is 0 Å². The van der Waals surface area contributed by atoms with Crippen LogP contribution in [-0.4, -0.2) is 4.70 Å². The van der Waals surface area contributed by atoms with Gasteiger partial charge in [-0.1, -0.05) is 310 Å². The van der Waals surface area contributed by atoms with Crippen LogP contribution in [0.5, 0.6) is 0 Å². The van der Waals surface area contributed by atoms with Crippen LogP contribution in [0, 0.1) is 13.8 Å². The Bertz CT molecular complexity index is 1560. The molecular formula is C72H126N2Ni. The van der Waals surface area contributed by atoms with Gasteiger partial charge in [-0.25, -0.2) is 4.70 Å². The van der Waals surface area contributed by atoms with E-state index in [0.29, 0.717) is 0 Å². The van der Waals surface area contributed by atoms with Gasteiger partial charge in [0.25, 0.3) is 0 Å². The number of hydrogen-bond donors (Lipinski definition) is 0. The first-order valence-electron chi connectivity index (χ1n) is 33.2. The molecule has 0 bridgehead atoms. The number of aryl methyl sites for hydroxylation is 2. The minimum Gasteiger partial charge on any atom is -0.493 e. The second kappa shape index (κ2) is 55.3. The van der Waals surface area contributed by atoms with E-state index in [1.807, 2.05) is 0 Å². The molecule has 434 valence electrons. The largest absolute Gasteiger partial charge is 2.00 e. The van der Waals surface area contributed by atoms with Gasteiger partial charge in [-0.05, 0) is 86.8 Å². The summed E-state index contributed by atoms with van der Waals surface area (Å²) in [5, 5.41) is 0. The third kappa shape index (κ3) is 38.3. The molecule has 1 aliphatic rings. The van der Waals surface area contributed by atoms with E-state index in [4.69, 9.17) is 0 Å². The molecule has 0 unspecified atom stereocenters. The first kappa shape index (κ1) is 73.0. The molecular weight excluding hydrogens is 951 g/mol. The SMILES string of the molecule is CCCCCCCCC1=C(c2cccc(CCCCCC)c2)[N+](=[N-])C(c2cccc(CCCCCC)c2)=C1CCCC.[CH2-]CCCCCCCCCCCCCCC.[CH2-]CCCCCCCCCCCCCCC.[Ni+2]. The van der Waals surface area contributed by atoms with Crippen molar-refractivity contribution < 1.29 is 21.2 Å². The molecule has 0 N–H and O–H groups in total. The minimum atomic E-state index is 0. The Morgan fingerprint density at radius 2 is 0.547 bits per heavy atom. The second-order valence-electron chi connectivity index (χ2n) is 22.8. The van der Waals surface area contributed by atoms with E-state index in [-0.39, 0.29) is 16.5 Å². The number of nitrogens with zero attached hydrogens (tertiary/aromatic N) is 2. The van der Waals surface area contributed by atoms with Gasteiger partial charge in [-0.2, -0.15) is 12.8 Å². The normalized spacial score (nSPS) is 12.2. The van der Waals surface area contributed by atoms with Crippen molar-refractivity contribution >= 4 is 11.4 Å². The van der Waals surface area contributed by atoms with Crippen molar-refractivity contribution in [1.82, 2.24) is 0 Å². The van der Waals surface area contributed by atoms with Crippen LogP contribution in [0.25, 0.3) is 16.9 Å². The van der Waals surface area contributed by atoms with Gasteiger partial charge in [0.15, 0.2) is 0 Å². The van der Waals surface area contributed by atoms with E-state index in [9.17, 15) is 5.53 Å². The zero-order valence-corrected chi connectivity index (χ0v) is 52.2. The Balaban J connectivity index is 0.00000136. The number of unbranched alkanes of at least 4 members (excludes halogenated alkanes) is 38. The number of hydrogen-bond acceptors (Lipinski definition) is 0. The first-order chi connectivity index (χ1) is 36.5. The number of rotatable bonds is 48. The van der Waals surface area contributed by atoms with Crippen LogP contribution in [0.15, 0.2) is 59.7 Å².